The zero-order chi connectivity index (χ0) is 11.6. The molecule has 0 heterocycles. The molecule has 0 bridgehead atoms. The van der Waals surface area contributed by atoms with Crippen LogP contribution in [0.15, 0.2) is 36.4 Å². The van der Waals surface area contributed by atoms with Crippen molar-refractivity contribution < 1.29 is 0 Å². The average Bonchev–Trinajstić information content (AvgIpc) is 2.28. The van der Waals surface area contributed by atoms with Gasteiger partial charge in [-0.05, 0) is 50.3 Å². The number of allylic oxidation sites excluding steroid dienone is 2. The van der Waals surface area contributed by atoms with Crippen LogP contribution in [0.3, 0.4) is 0 Å². The molecule has 1 radical (unpaired) electrons. The normalized spacial score (nSPS) is 11.1. The molecular formula is C15H20Cl. The second-order valence-electron chi connectivity index (χ2n) is 4.05. The molecule has 0 aliphatic carbocycles. The molecule has 0 fully saturated rings. The first-order valence-corrected chi connectivity index (χ1v) is 6.39. The van der Waals surface area contributed by atoms with Crippen molar-refractivity contribution in [1.29, 1.82) is 0 Å². The molecule has 0 aliphatic rings. The standard InChI is InChI=1S/C15H20Cl/c1-2-3-4-5-6-7-8-10-14-11-9-12-15(16)13-14/h2-3,9,11-13H,1,4-8,10H2/b3-2+. The molecule has 0 nitrogen and oxygen atoms in total. The summed E-state index contributed by atoms with van der Waals surface area (Å²) in [6, 6.07) is 8.16. The van der Waals surface area contributed by atoms with Gasteiger partial charge in [-0.1, -0.05) is 48.7 Å². The number of benzene rings is 1. The number of hydrogen-bond donors (Lipinski definition) is 0. The van der Waals surface area contributed by atoms with Crippen molar-refractivity contribution in [1.82, 2.24) is 0 Å². The Labute approximate surface area is 104 Å². The van der Waals surface area contributed by atoms with Gasteiger partial charge in [-0.25, -0.2) is 0 Å². The SMILES string of the molecule is [CH2]/C=C/CCCCCCc1cccc(Cl)c1. The zero-order valence-corrected chi connectivity index (χ0v) is 10.5. The minimum absolute atomic E-state index is 0.845. The zero-order valence-electron chi connectivity index (χ0n) is 9.79. The van der Waals surface area contributed by atoms with Crippen LogP contribution in [0.4, 0.5) is 0 Å². The Balaban J connectivity index is 2.07. The van der Waals surface area contributed by atoms with Gasteiger partial charge >= 0.3 is 0 Å². The topological polar surface area (TPSA) is 0 Å². The van der Waals surface area contributed by atoms with E-state index in [9.17, 15) is 0 Å². The predicted octanol–water partition coefficient (Wildman–Crippen LogP) is 5.22. The Morgan fingerprint density at radius 1 is 1.12 bits per heavy atom. The van der Waals surface area contributed by atoms with Crippen LogP contribution in [0.1, 0.15) is 37.7 Å². The summed E-state index contributed by atoms with van der Waals surface area (Å²) < 4.78 is 0. The number of rotatable bonds is 7. The molecule has 16 heavy (non-hydrogen) atoms. The predicted molar refractivity (Wildman–Crippen MR) is 72.7 cm³/mol. The van der Waals surface area contributed by atoms with Crippen molar-refractivity contribution in [3.63, 3.8) is 0 Å². The van der Waals surface area contributed by atoms with Crippen molar-refractivity contribution >= 4 is 11.6 Å². The van der Waals surface area contributed by atoms with E-state index in [2.05, 4.69) is 25.1 Å². The molecule has 1 heteroatoms. The maximum atomic E-state index is 5.93. The number of unbranched alkanes of at least 4 members (excludes halogenated alkanes) is 4. The lowest BCUT2D eigenvalue weighted by molar-refractivity contribution is 0.646. The molecule has 0 atom stereocenters. The first-order chi connectivity index (χ1) is 7.83. The summed E-state index contributed by atoms with van der Waals surface area (Å²) in [7, 11) is 0. The van der Waals surface area contributed by atoms with Crippen LogP contribution < -0.4 is 0 Å². The average molecular weight is 236 g/mol. The summed E-state index contributed by atoms with van der Waals surface area (Å²) in [6.45, 7) is 3.67. The largest absolute Gasteiger partial charge is 0.0885 e. The monoisotopic (exact) mass is 235 g/mol. The quantitative estimate of drug-likeness (QED) is 0.568. The molecule has 0 aliphatic heterocycles. The van der Waals surface area contributed by atoms with Gasteiger partial charge in [0.2, 0.25) is 0 Å². The number of hydrogen-bond acceptors (Lipinski definition) is 0. The third-order valence-corrected chi connectivity index (χ3v) is 2.88. The van der Waals surface area contributed by atoms with E-state index in [-0.39, 0.29) is 0 Å². The molecule has 0 saturated heterocycles. The van der Waals surface area contributed by atoms with Gasteiger partial charge in [0.25, 0.3) is 0 Å². The van der Waals surface area contributed by atoms with Gasteiger partial charge in [0.15, 0.2) is 0 Å². The molecule has 1 aromatic rings. The maximum absolute atomic E-state index is 5.93. The van der Waals surface area contributed by atoms with E-state index < -0.39 is 0 Å². The Morgan fingerprint density at radius 2 is 1.94 bits per heavy atom. The van der Waals surface area contributed by atoms with Crippen molar-refractivity contribution in [2.24, 2.45) is 0 Å². The van der Waals surface area contributed by atoms with Crippen LogP contribution in [0.2, 0.25) is 5.02 Å². The van der Waals surface area contributed by atoms with Crippen LogP contribution in [-0.4, -0.2) is 0 Å². The molecule has 0 unspecified atom stereocenters. The van der Waals surface area contributed by atoms with E-state index in [1.807, 2.05) is 18.2 Å². The van der Waals surface area contributed by atoms with Crippen LogP contribution >= 0.6 is 11.6 Å². The highest BCUT2D eigenvalue weighted by atomic mass is 35.5. The van der Waals surface area contributed by atoms with Gasteiger partial charge in [0.1, 0.15) is 0 Å². The van der Waals surface area contributed by atoms with E-state index in [4.69, 9.17) is 11.6 Å². The molecule has 0 N–H and O–H groups in total. The third-order valence-electron chi connectivity index (χ3n) is 2.64. The van der Waals surface area contributed by atoms with Gasteiger partial charge in [-0.3, -0.25) is 0 Å². The number of aryl methyl sites for hydroxylation is 1. The molecule has 0 amide bonds. The molecule has 0 spiro atoms. The highest BCUT2D eigenvalue weighted by molar-refractivity contribution is 6.30. The highest BCUT2D eigenvalue weighted by Crippen LogP contribution is 2.14. The minimum Gasteiger partial charge on any atom is -0.0885 e. The Kier molecular flexibility index (Phi) is 7.00. The van der Waals surface area contributed by atoms with Crippen molar-refractivity contribution in [3.8, 4) is 0 Å². The summed E-state index contributed by atoms with van der Waals surface area (Å²) in [5, 5.41) is 0.845. The summed E-state index contributed by atoms with van der Waals surface area (Å²) in [5.74, 6) is 0. The summed E-state index contributed by atoms with van der Waals surface area (Å²) in [4.78, 5) is 0. The first-order valence-electron chi connectivity index (χ1n) is 6.01. The second-order valence-corrected chi connectivity index (χ2v) is 4.49. The summed E-state index contributed by atoms with van der Waals surface area (Å²) >= 11 is 5.93. The third kappa shape index (κ3) is 5.97. The maximum Gasteiger partial charge on any atom is 0.0408 e. The molecule has 1 rings (SSSR count). The van der Waals surface area contributed by atoms with Gasteiger partial charge in [-0.15, -0.1) is 0 Å². The Hall–Kier alpha value is -0.750. The fraction of sp³-hybridized carbons (Fsp3) is 0.400. The van der Waals surface area contributed by atoms with Crippen LogP contribution in [-0.2, 0) is 6.42 Å². The van der Waals surface area contributed by atoms with Gasteiger partial charge < -0.3 is 0 Å². The fourth-order valence-corrected chi connectivity index (χ4v) is 1.97. The van der Waals surface area contributed by atoms with Crippen molar-refractivity contribution in [2.45, 2.75) is 38.5 Å². The van der Waals surface area contributed by atoms with Crippen LogP contribution in [0.25, 0.3) is 0 Å². The molecule has 1 aromatic carbocycles. The Morgan fingerprint density at radius 3 is 2.69 bits per heavy atom. The van der Waals surface area contributed by atoms with E-state index in [1.54, 1.807) is 0 Å². The van der Waals surface area contributed by atoms with E-state index >= 15 is 0 Å². The summed E-state index contributed by atoms with van der Waals surface area (Å²) in [5.41, 5.74) is 1.35. The van der Waals surface area contributed by atoms with Gasteiger partial charge in [0, 0.05) is 5.02 Å². The van der Waals surface area contributed by atoms with Crippen molar-refractivity contribution in [3.05, 3.63) is 53.9 Å². The lowest BCUT2D eigenvalue weighted by Crippen LogP contribution is -1.85. The summed E-state index contributed by atoms with van der Waals surface area (Å²) in [6.07, 6.45) is 11.5. The van der Waals surface area contributed by atoms with Gasteiger partial charge in [0.05, 0.1) is 0 Å². The lowest BCUT2D eigenvalue weighted by atomic mass is 10.1. The first kappa shape index (κ1) is 13.3. The van der Waals surface area contributed by atoms with Crippen LogP contribution in [0, 0.1) is 6.92 Å². The van der Waals surface area contributed by atoms with Crippen molar-refractivity contribution in [2.75, 3.05) is 0 Å². The molecular weight excluding hydrogens is 216 g/mol. The second kappa shape index (κ2) is 8.41. The fourth-order valence-electron chi connectivity index (χ4n) is 1.76. The smallest absolute Gasteiger partial charge is 0.0408 e. The van der Waals surface area contributed by atoms with Crippen LogP contribution in [0.5, 0.6) is 0 Å². The highest BCUT2D eigenvalue weighted by Gasteiger charge is 1.94. The molecule has 0 saturated carbocycles. The van der Waals surface area contributed by atoms with E-state index in [0.29, 0.717) is 0 Å². The Bertz CT molecular complexity index is 315. The van der Waals surface area contributed by atoms with E-state index in [0.717, 1.165) is 11.4 Å². The van der Waals surface area contributed by atoms with Gasteiger partial charge in [-0.2, -0.15) is 0 Å². The molecule has 0 aromatic heterocycles. The molecule has 87 valence electrons. The lowest BCUT2D eigenvalue weighted by Gasteiger charge is -2.02. The minimum atomic E-state index is 0.845. The number of halogens is 1. The van der Waals surface area contributed by atoms with E-state index in [1.165, 1.54) is 37.7 Å².